The number of anilines is 2. The number of carbonyl (C=O) groups excluding carboxylic acids is 3. The first-order valence-electron chi connectivity index (χ1n) is 9.43. The Morgan fingerprint density at radius 3 is 2.65 bits per heavy atom. The fourth-order valence-electron chi connectivity index (χ4n) is 3.26. The van der Waals surface area contributed by atoms with Crippen LogP contribution in [0.2, 0.25) is 5.02 Å². The molecule has 3 aromatic rings. The average Bonchev–Trinajstić information content (AvgIpc) is 3.03. The number of hydrogen-bond donors (Lipinski definition) is 4. The standard InChI is InChI=1S/C21H17ClFN5O3/c22-16-17(27-28-18(16)26-19(29)12-6-2-3-7-13(12)23)21(31)25-15-10-9-11-5-1-4-8-14(11)24-20(15)30/h1-8,15H,9-10H2,(H,24,30)(H,25,31)(H2,26,27,28,29). The van der Waals surface area contributed by atoms with E-state index >= 15 is 0 Å². The van der Waals surface area contributed by atoms with Crippen LogP contribution in [0, 0.1) is 5.82 Å². The summed E-state index contributed by atoms with van der Waals surface area (Å²) in [6.07, 6.45) is 0.998. The first-order chi connectivity index (χ1) is 14.9. The minimum absolute atomic E-state index is 0.125. The molecule has 0 radical (unpaired) electrons. The molecule has 4 rings (SSSR count). The van der Waals surface area contributed by atoms with Crippen LogP contribution in [-0.4, -0.2) is 34.0 Å². The van der Waals surface area contributed by atoms with E-state index in [0.717, 1.165) is 11.6 Å². The number of para-hydroxylation sites is 1. The Bertz CT molecular complexity index is 1180. The maximum absolute atomic E-state index is 13.8. The summed E-state index contributed by atoms with van der Waals surface area (Å²) in [6.45, 7) is 0. The summed E-state index contributed by atoms with van der Waals surface area (Å²) in [5.74, 6) is -2.60. The third-order valence-corrected chi connectivity index (χ3v) is 5.25. The molecule has 31 heavy (non-hydrogen) atoms. The number of nitrogens with zero attached hydrogens (tertiary/aromatic N) is 1. The molecule has 2 heterocycles. The number of rotatable bonds is 4. The number of benzene rings is 2. The molecule has 0 spiro atoms. The fourth-order valence-corrected chi connectivity index (χ4v) is 3.48. The Kier molecular flexibility index (Phi) is 5.68. The quantitative estimate of drug-likeness (QED) is 0.497. The summed E-state index contributed by atoms with van der Waals surface area (Å²) in [7, 11) is 0. The largest absolute Gasteiger partial charge is 0.339 e. The lowest BCUT2D eigenvalue weighted by Gasteiger charge is -2.14. The molecule has 1 aromatic heterocycles. The Hall–Kier alpha value is -3.72. The van der Waals surface area contributed by atoms with Gasteiger partial charge in [0.05, 0.1) is 5.56 Å². The van der Waals surface area contributed by atoms with Gasteiger partial charge in [-0.15, -0.1) is 0 Å². The van der Waals surface area contributed by atoms with Crippen molar-refractivity contribution >= 4 is 40.8 Å². The number of halogens is 2. The van der Waals surface area contributed by atoms with Gasteiger partial charge in [-0.3, -0.25) is 19.5 Å². The first kappa shape index (κ1) is 20.5. The molecule has 0 fully saturated rings. The van der Waals surface area contributed by atoms with Crippen LogP contribution in [0.3, 0.4) is 0 Å². The van der Waals surface area contributed by atoms with Crippen molar-refractivity contribution in [3.63, 3.8) is 0 Å². The van der Waals surface area contributed by atoms with Crippen LogP contribution in [0.1, 0.15) is 32.8 Å². The zero-order valence-corrected chi connectivity index (χ0v) is 16.8. The highest BCUT2D eigenvalue weighted by molar-refractivity contribution is 6.36. The van der Waals surface area contributed by atoms with Gasteiger partial charge < -0.3 is 16.0 Å². The van der Waals surface area contributed by atoms with E-state index in [-0.39, 0.29) is 28.0 Å². The van der Waals surface area contributed by atoms with Crippen molar-refractivity contribution in [1.29, 1.82) is 0 Å². The second kappa shape index (κ2) is 8.57. The predicted octanol–water partition coefficient (Wildman–Crippen LogP) is 3.14. The SMILES string of the molecule is O=C(Nc1n[nH]c(C(=O)NC2CCc3ccccc3NC2=O)c1Cl)c1ccccc1F. The van der Waals surface area contributed by atoms with E-state index in [1.54, 1.807) is 6.07 Å². The van der Waals surface area contributed by atoms with Crippen molar-refractivity contribution in [1.82, 2.24) is 15.5 Å². The zero-order valence-electron chi connectivity index (χ0n) is 16.0. The van der Waals surface area contributed by atoms with E-state index in [9.17, 15) is 18.8 Å². The Morgan fingerprint density at radius 2 is 1.84 bits per heavy atom. The number of amides is 3. The number of nitrogens with one attached hydrogen (secondary N) is 4. The van der Waals surface area contributed by atoms with Gasteiger partial charge in [0, 0.05) is 5.69 Å². The van der Waals surface area contributed by atoms with Crippen LogP contribution < -0.4 is 16.0 Å². The monoisotopic (exact) mass is 441 g/mol. The highest BCUT2D eigenvalue weighted by Gasteiger charge is 2.28. The lowest BCUT2D eigenvalue weighted by atomic mass is 10.1. The highest BCUT2D eigenvalue weighted by Crippen LogP contribution is 2.25. The van der Waals surface area contributed by atoms with Crippen molar-refractivity contribution in [3.05, 3.63) is 76.2 Å². The molecule has 3 amide bonds. The molecule has 4 N–H and O–H groups in total. The minimum atomic E-state index is -0.782. The predicted molar refractivity (Wildman–Crippen MR) is 113 cm³/mol. The molecule has 0 bridgehead atoms. The molecule has 1 aliphatic rings. The van der Waals surface area contributed by atoms with Crippen LogP contribution in [0.15, 0.2) is 48.5 Å². The number of hydrogen-bond acceptors (Lipinski definition) is 4. The molecule has 2 aromatic carbocycles. The lowest BCUT2D eigenvalue weighted by molar-refractivity contribution is -0.118. The van der Waals surface area contributed by atoms with Gasteiger partial charge in [-0.1, -0.05) is 41.9 Å². The number of aromatic nitrogens is 2. The molecular formula is C21H17ClFN5O3. The highest BCUT2D eigenvalue weighted by atomic mass is 35.5. The van der Waals surface area contributed by atoms with E-state index < -0.39 is 23.7 Å². The number of fused-ring (bicyclic) bond motifs is 1. The third-order valence-electron chi connectivity index (χ3n) is 4.88. The van der Waals surface area contributed by atoms with E-state index in [2.05, 4.69) is 26.1 Å². The van der Waals surface area contributed by atoms with Gasteiger partial charge in [0.1, 0.15) is 22.6 Å². The van der Waals surface area contributed by atoms with Gasteiger partial charge in [-0.05, 0) is 36.6 Å². The third kappa shape index (κ3) is 4.26. The van der Waals surface area contributed by atoms with Gasteiger partial charge in [0.25, 0.3) is 11.8 Å². The van der Waals surface area contributed by atoms with Crippen LogP contribution in [0.25, 0.3) is 0 Å². The van der Waals surface area contributed by atoms with Crippen molar-refractivity contribution < 1.29 is 18.8 Å². The van der Waals surface area contributed by atoms with E-state index in [1.807, 2.05) is 18.2 Å². The topological polar surface area (TPSA) is 116 Å². The minimum Gasteiger partial charge on any atom is -0.339 e. The maximum Gasteiger partial charge on any atom is 0.271 e. The summed E-state index contributed by atoms with van der Waals surface area (Å²) >= 11 is 6.19. The molecule has 8 nitrogen and oxygen atoms in total. The van der Waals surface area contributed by atoms with E-state index in [1.165, 1.54) is 18.2 Å². The maximum atomic E-state index is 13.8. The van der Waals surface area contributed by atoms with Gasteiger partial charge in [0.2, 0.25) is 5.91 Å². The summed E-state index contributed by atoms with van der Waals surface area (Å²) < 4.78 is 13.8. The molecule has 0 saturated heterocycles. The smallest absolute Gasteiger partial charge is 0.271 e. The summed E-state index contributed by atoms with van der Waals surface area (Å²) in [4.78, 5) is 37.4. The van der Waals surface area contributed by atoms with Gasteiger partial charge in [0.15, 0.2) is 5.82 Å². The molecule has 0 aliphatic carbocycles. The Balaban J connectivity index is 1.45. The van der Waals surface area contributed by atoms with Crippen LogP contribution in [0.5, 0.6) is 0 Å². The molecule has 1 aliphatic heterocycles. The normalized spacial score (nSPS) is 15.4. The molecular weight excluding hydrogens is 425 g/mol. The van der Waals surface area contributed by atoms with Crippen molar-refractivity contribution in [3.8, 4) is 0 Å². The second-order valence-corrected chi connectivity index (χ2v) is 7.28. The Morgan fingerprint density at radius 1 is 1.10 bits per heavy atom. The number of H-pyrrole nitrogens is 1. The Labute approximate surface area is 181 Å². The van der Waals surface area contributed by atoms with Gasteiger partial charge in [-0.2, -0.15) is 5.10 Å². The molecule has 158 valence electrons. The summed E-state index contributed by atoms with van der Waals surface area (Å²) in [5, 5.41) is 13.9. The number of carbonyl (C=O) groups is 3. The molecule has 1 unspecified atom stereocenters. The number of aromatic amines is 1. The summed E-state index contributed by atoms with van der Waals surface area (Å²) in [5.41, 5.74) is 1.37. The van der Waals surface area contributed by atoms with Crippen LogP contribution in [0.4, 0.5) is 15.9 Å². The molecule has 10 heteroatoms. The van der Waals surface area contributed by atoms with E-state index in [4.69, 9.17) is 11.6 Å². The van der Waals surface area contributed by atoms with Gasteiger partial charge in [-0.25, -0.2) is 4.39 Å². The van der Waals surface area contributed by atoms with Crippen molar-refractivity contribution in [2.24, 2.45) is 0 Å². The molecule has 1 atom stereocenters. The average molecular weight is 442 g/mol. The zero-order chi connectivity index (χ0) is 22.0. The second-order valence-electron chi connectivity index (χ2n) is 6.91. The number of aryl methyl sites for hydroxylation is 1. The fraction of sp³-hybridized carbons (Fsp3) is 0.143. The van der Waals surface area contributed by atoms with Crippen LogP contribution >= 0.6 is 11.6 Å². The first-order valence-corrected chi connectivity index (χ1v) is 9.81. The summed E-state index contributed by atoms with van der Waals surface area (Å²) in [6, 6.07) is 12.1. The van der Waals surface area contributed by atoms with Gasteiger partial charge >= 0.3 is 0 Å². The molecule has 0 saturated carbocycles. The lowest BCUT2D eigenvalue weighted by Crippen LogP contribution is -2.43. The van der Waals surface area contributed by atoms with Crippen molar-refractivity contribution in [2.75, 3.05) is 10.6 Å². The van der Waals surface area contributed by atoms with E-state index in [0.29, 0.717) is 18.5 Å². The van der Waals surface area contributed by atoms with Crippen LogP contribution in [-0.2, 0) is 11.2 Å². The van der Waals surface area contributed by atoms with Crippen molar-refractivity contribution in [2.45, 2.75) is 18.9 Å².